The Bertz CT molecular complexity index is 1650. The highest BCUT2D eigenvalue weighted by Gasteiger charge is 2.42. The largest absolute Gasteiger partial charge is 0.851 e. The van der Waals surface area contributed by atoms with E-state index < -0.39 is 24.0 Å². The fourth-order valence-electron chi connectivity index (χ4n) is 8.38. The molecule has 3 aliphatic rings. The van der Waals surface area contributed by atoms with Crippen LogP contribution >= 0.6 is 0 Å². The highest BCUT2D eigenvalue weighted by Crippen LogP contribution is 2.54. The Labute approximate surface area is 261 Å². The van der Waals surface area contributed by atoms with Crippen LogP contribution in [0.4, 0.5) is 22.7 Å². The molecule has 0 amide bonds. The quantitative estimate of drug-likeness (QED) is 0.189. The standard InChI is InChI=1S/C38H46N4O2/c1-9-37(10-2)39-31-19(5)13-15-23-25(17-21(7)33(41-37)27(23)31)29-35(43)30(36(29)44)26-18-22(8)34-28-24(26)16-14-20(6)32(28)40-38(11-3,12-4)42-34/h13-18,29-30,35-36,39-42H,9-12H2,1-8H3/q-2. The van der Waals surface area contributed by atoms with Gasteiger partial charge in [-0.1, -0.05) is 64.1 Å². The van der Waals surface area contributed by atoms with Crippen molar-refractivity contribution < 1.29 is 10.2 Å². The van der Waals surface area contributed by atoms with Crippen LogP contribution in [0.2, 0.25) is 0 Å². The number of nitrogens with one attached hydrogen (secondary N) is 4. The summed E-state index contributed by atoms with van der Waals surface area (Å²) in [6.45, 7) is 17.3. The number of aryl methyl sites for hydroxylation is 4. The molecular formula is C38H46N4O2-2. The fourth-order valence-corrected chi connectivity index (χ4v) is 8.38. The third-order valence-corrected chi connectivity index (χ3v) is 11.5. The third-order valence-electron chi connectivity index (χ3n) is 11.5. The van der Waals surface area contributed by atoms with Crippen LogP contribution in [-0.4, -0.2) is 23.5 Å². The van der Waals surface area contributed by atoms with Crippen LogP contribution in [0.15, 0.2) is 36.4 Å². The number of anilines is 4. The predicted molar refractivity (Wildman–Crippen MR) is 181 cm³/mol. The van der Waals surface area contributed by atoms with Crippen LogP contribution < -0.4 is 31.5 Å². The molecule has 2 aliphatic heterocycles. The van der Waals surface area contributed by atoms with Crippen molar-refractivity contribution in [1.29, 1.82) is 0 Å². The van der Waals surface area contributed by atoms with Gasteiger partial charge in [0.05, 0.1) is 0 Å². The lowest BCUT2D eigenvalue weighted by atomic mass is 9.61. The van der Waals surface area contributed by atoms with Gasteiger partial charge in [0, 0.05) is 33.5 Å². The summed E-state index contributed by atoms with van der Waals surface area (Å²) in [6, 6.07) is 12.7. The zero-order chi connectivity index (χ0) is 31.3. The Morgan fingerprint density at radius 3 is 1.16 bits per heavy atom. The van der Waals surface area contributed by atoms with Crippen LogP contribution in [0.25, 0.3) is 21.5 Å². The van der Waals surface area contributed by atoms with E-state index >= 15 is 0 Å². The molecule has 0 saturated heterocycles. The molecule has 4 N–H and O–H groups in total. The number of hydrogen-bond acceptors (Lipinski definition) is 6. The van der Waals surface area contributed by atoms with Crippen molar-refractivity contribution in [3.05, 3.63) is 69.8 Å². The lowest BCUT2D eigenvalue weighted by molar-refractivity contribution is -0.535. The van der Waals surface area contributed by atoms with Gasteiger partial charge in [-0.25, -0.2) is 0 Å². The number of rotatable bonds is 6. The molecule has 7 rings (SSSR count). The molecule has 0 spiro atoms. The molecule has 1 fully saturated rings. The Morgan fingerprint density at radius 2 is 0.841 bits per heavy atom. The molecule has 6 heteroatoms. The van der Waals surface area contributed by atoms with Crippen LogP contribution in [0.1, 0.15) is 98.6 Å². The molecule has 1 aliphatic carbocycles. The fraction of sp³-hybridized carbons (Fsp3) is 0.474. The van der Waals surface area contributed by atoms with E-state index in [9.17, 15) is 10.2 Å². The van der Waals surface area contributed by atoms with E-state index in [4.69, 9.17) is 0 Å². The molecule has 0 radical (unpaired) electrons. The second-order valence-corrected chi connectivity index (χ2v) is 13.7. The summed E-state index contributed by atoms with van der Waals surface area (Å²) >= 11 is 0. The average Bonchev–Trinajstić information content (AvgIpc) is 3.03. The van der Waals surface area contributed by atoms with Gasteiger partial charge in [0.1, 0.15) is 11.3 Å². The maximum Gasteiger partial charge on any atom is 0.107 e. The first-order valence-electron chi connectivity index (χ1n) is 16.6. The highest BCUT2D eigenvalue weighted by atomic mass is 16.3. The molecule has 4 aromatic carbocycles. The summed E-state index contributed by atoms with van der Waals surface area (Å²) in [5.74, 6) is -1.19. The van der Waals surface area contributed by atoms with Crippen molar-refractivity contribution in [3.8, 4) is 0 Å². The summed E-state index contributed by atoms with van der Waals surface area (Å²) in [5, 5.41) is 48.2. The average molecular weight is 591 g/mol. The van der Waals surface area contributed by atoms with Gasteiger partial charge in [0.25, 0.3) is 0 Å². The summed E-state index contributed by atoms with van der Waals surface area (Å²) in [6.07, 6.45) is 1.71. The SMILES string of the molecule is CCC1(CC)Nc2c(C)ccc3c(C4C([O-])C(c5cc(C)c6c7c(c(C)ccc57)NC(CC)(CC)N6)C4[O-])cc(C)c(c23)N1. The van der Waals surface area contributed by atoms with E-state index in [1.165, 1.54) is 11.1 Å². The third kappa shape index (κ3) is 3.86. The molecule has 0 aromatic heterocycles. The molecular weight excluding hydrogens is 544 g/mol. The monoisotopic (exact) mass is 590 g/mol. The van der Waals surface area contributed by atoms with Crippen molar-refractivity contribution in [2.75, 3.05) is 21.3 Å². The van der Waals surface area contributed by atoms with E-state index in [1.807, 2.05) is 0 Å². The van der Waals surface area contributed by atoms with Crippen molar-refractivity contribution in [1.82, 2.24) is 0 Å². The number of hydrogen-bond donors (Lipinski definition) is 4. The summed E-state index contributed by atoms with van der Waals surface area (Å²) < 4.78 is 0. The molecule has 0 unspecified atom stereocenters. The lowest BCUT2D eigenvalue weighted by Gasteiger charge is -2.62. The van der Waals surface area contributed by atoms with E-state index in [0.29, 0.717) is 0 Å². The molecule has 44 heavy (non-hydrogen) atoms. The minimum Gasteiger partial charge on any atom is -0.851 e. The van der Waals surface area contributed by atoms with Crippen molar-refractivity contribution >= 4 is 44.3 Å². The van der Waals surface area contributed by atoms with Crippen LogP contribution in [0.3, 0.4) is 0 Å². The Kier molecular flexibility index (Phi) is 6.66. The van der Waals surface area contributed by atoms with E-state index in [1.54, 1.807) is 0 Å². The van der Waals surface area contributed by atoms with Gasteiger partial charge in [-0.05, 0) is 109 Å². The minimum absolute atomic E-state index is 0.218. The molecule has 232 valence electrons. The molecule has 1 saturated carbocycles. The van der Waals surface area contributed by atoms with E-state index in [-0.39, 0.29) is 11.3 Å². The molecule has 6 nitrogen and oxygen atoms in total. The van der Waals surface area contributed by atoms with Gasteiger partial charge >= 0.3 is 0 Å². The zero-order valence-corrected chi connectivity index (χ0v) is 27.4. The van der Waals surface area contributed by atoms with Crippen molar-refractivity contribution in [3.63, 3.8) is 0 Å². The lowest BCUT2D eigenvalue weighted by Crippen LogP contribution is -2.63. The molecule has 0 bridgehead atoms. The summed E-state index contributed by atoms with van der Waals surface area (Å²) in [5.41, 5.74) is 10.4. The maximum atomic E-state index is 14.3. The Balaban J connectivity index is 1.33. The molecule has 2 heterocycles. The van der Waals surface area contributed by atoms with Crippen molar-refractivity contribution in [2.45, 2.75) is 116 Å². The smallest absolute Gasteiger partial charge is 0.107 e. The van der Waals surface area contributed by atoms with Gasteiger partial charge < -0.3 is 31.5 Å². The van der Waals surface area contributed by atoms with Crippen molar-refractivity contribution in [2.24, 2.45) is 0 Å². The first kappa shape index (κ1) is 29.2. The maximum absolute atomic E-state index is 14.3. The predicted octanol–water partition coefficient (Wildman–Crippen LogP) is 7.27. The second-order valence-electron chi connectivity index (χ2n) is 13.7. The minimum atomic E-state index is -1.02. The first-order chi connectivity index (χ1) is 21.0. The molecule has 4 aromatic rings. The first-order valence-corrected chi connectivity index (χ1v) is 16.6. The van der Waals surface area contributed by atoms with E-state index in [2.05, 4.69) is 113 Å². The van der Waals surface area contributed by atoms with Gasteiger partial charge in [0.15, 0.2) is 0 Å². The summed E-state index contributed by atoms with van der Waals surface area (Å²) in [7, 11) is 0. The van der Waals surface area contributed by atoms with Crippen LogP contribution in [0.5, 0.6) is 0 Å². The Hall–Kier alpha value is -3.48. The van der Waals surface area contributed by atoms with Gasteiger partial charge in [-0.3, -0.25) is 0 Å². The van der Waals surface area contributed by atoms with Crippen LogP contribution in [0, 0.1) is 27.7 Å². The van der Waals surface area contributed by atoms with E-state index in [0.717, 1.165) is 92.2 Å². The van der Waals surface area contributed by atoms with Gasteiger partial charge in [-0.15, -0.1) is 12.2 Å². The highest BCUT2D eigenvalue weighted by molar-refractivity contribution is 6.10. The van der Waals surface area contributed by atoms with Crippen LogP contribution in [-0.2, 0) is 0 Å². The normalized spacial score (nSPS) is 24.2. The molecule has 0 atom stereocenters. The summed E-state index contributed by atoms with van der Waals surface area (Å²) in [4.78, 5) is 0. The second kappa shape index (κ2) is 10.0. The zero-order valence-electron chi connectivity index (χ0n) is 27.4. The number of benzene rings is 4. The Morgan fingerprint density at radius 1 is 0.523 bits per heavy atom. The van der Waals surface area contributed by atoms with Gasteiger partial charge in [-0.2, -0.15) is 0 Å². The van der Waals surface area contributed by atoms with Gasteiger partial charge in [0.2, 0.25) is 0 Å². The topological polar surface area (TPSA) is 94.2 Å².